The van der Waals surface area contributed by atoms with Crippen molar-refractivity contribution in [3.05, 3.63) is 32.4 Å². The number of nitrogens with one attached hydrogen (secondary N) is 2. The molecule has 2 heterocycles. The van der Waals surface area contributed by atoms with Crippen molar-refractivity contribution in [2.24, 2.45) is 0 Å². The number of rotatable bonds is 3. The molecule has 1 atom stereocenters. The lowest BCUT2D eigenvalue weighted by molar-refractivity contribution is -0.389. The summed E-state index contributed by atoms with van der Waals surface area (Å²) >= 11 is 3.17. The minimum Gasteiger partial charge on any atom is -0.358 e. The average Bonchev–Trinajstić information content (AvgIpc) is 2.81. The minimum atomic E-state index is -0.625. The first-order valence-electron chi connectivity index (χ1n) is 5.39. The molecule has 0 aliphatic carbocycles. The molecular formula is C10H11BrN4O3. The van der Waals surface area contributed by atoms with Crippen LogP contribution in [0.5, 0.6) is 0 Å². The Hall–Kier alpha value is -1.54. The number of hydrogen-bond donors (Lipinski definition) is 2. The van der Waals surface area contributed by atoms with E-state index in [1.807, 2.05) is 0 Å². The lowest BCUT2D eigenvalue weighted by atomic mass is 10.2. The van der Waals surface area contributed by atoms with Gasteiger partial charge >= 0.3 is 5.82 Å². The molecule has 0 radical (unpaired) electrons. The average molecular weight is 315 g/mol. The molecule has 96 valence electrons. The number of amides is 1. The van der Waals surface area contributed by atoms with Crippen LogP contribution in [0.4, 0.5) is 5.82 Å². The molecule has 8 heteroatoms. The highest BCUT2D eigenvalue weighted by atomic mass is 79.9. The summed E-state index contributed by atoms with van der Waals surface area (Å²) < 4.78 is 0.441. The summed E-state index contributed by atoms with van der Waals surface area (Å²) in [5.74, 6) is -0.672. The maximum atomic E-state index is 12.0. The van der Waals surface area contributed by atoms with Gasteiger partial charge in [-0.05, 0) is 38.8 Å². The second kappa shape index (κ2) is 5.40. The molecule has 0 bridgehead atoms. The van der Waals surface area contributed by atoms with Crippen molar-refractivity contribution in [3.63, 3.8) is 0 Å². The van der Waals surface area contributed by atoms with Gasteiger partial charge in [0.05, 0.1) is 10.0 Å². The smallest absolute Gasteiger partial charge is 0.358 e. The first-order chi connectivity index (χ1) is 8.58. The van der Waals surface area contributed by atoms with E-state index in [1.54, 1.807) is 0 Å². The largest absolute Gasteiger partial charge is 0.364 e. The summed E-state index contributed by atoms with van der Waals surface area (Å²) in [6, 6.07) is 1.23. The van der Waals surface area contributed by atoms with Crippen molar-refractivity contribution in [3.8, 4) is 0 Å². The van der Waals surface area contributed by atoms with Gasteiger partial charge in [-0.25, -0.2) is 0 Å². The molecule has 1 aliphatic heterocycles. The van der Waals surface area contributed by atoms with Gasteiger partial charge in [0.2, 0.25) is 0 Å². The fraction of sp³-hybridized carbons (Fsp3) is 0.400. The molecule has 2 rings (SSSR count). The van der Waals surface area contributed by atoms with Crippen LogP contribution in [0.25, 0.3) is 0 Å². The van der Waals surface area contributed by atoms with Crippen LogP contribution >= 0.6 is 15.9 Å². The Labute approximate surface area is 111 Å². The summed E-state index contributed by atoms with van der Waals surface area (Å²) in [6.45, 7) is 1.58. The molecule has 1 amide bonds. The van der Waals surface area contributed by atoms with Gasteiger partial charge in [-0.1, -0.05) is 0 Å². The van der Waals surface area contributed by atoms with Gasteiger partial charge in [-0.15, -0.1) is 0 Å². The highest BCUT2D eigenvalue weighted by Crippen LogP contribution is 2.20. The summed E-state index contributed by atoms with van der Waals surface area (Å²) in [7, 11) is 0. The summed E-state index contributed by atoms with van der Waals surface area (Å²) in [5, 5.41) is 16.6. The molecule has 2 N–H and O–H groups in total. The van der Waals surface area contributed by atoms with Gasteiger partial charge in [-0.2, -0.15) is 0 Å². The number of pyridine rings is 1. The van der Waals surface area contributed by atoms with Crippen LogP contribution < -0.4 is 10.6 Å². The van der Waals surface area contributed by atoms with E-state index in [-0.39, 0.29) is 23.3 Å². The second-order valence-electron chi connectivity index (χ2n) is 3.94. The third-order valence-corrected chi connectivity index (χ3v) is 3.30. The van der Waals surface area contributed by atoms with Crippen molar-refractivity contribution in [2.45, 2.75) is 12.5 Å². The number of carbonyl (C=O) groups is 1. The zero-order valence-electron chi connectivity index (χ0n) is 9.35. The molecule has 18 heavy (non-hydrogen) atoms. The maximum Gasteiger partial charge on any atom is 0.364 e. The van der Waals surface area contributed by atoms with E-state index < -0.39 is 4.92 Å². The predicted molar refractivity (Wildman–Crippen MR) is 67.3 cm³/mol. The Morgan fingerprint density at radius 2 is 2.44 bits per heavy atom. The summed E-state index contributed by atoms with van der Waals surface area (Å²) in [6.07, 6.45) is 2.12. The third kappa shape index (κ3) is 2.82. The monoisotopic (exact) mass is 314 g/mol. The molecule has 1 aromatic heterocycles. The molecule has 0 saturated carbocycles. The van der Waals surface area contributed by atoms with Gasteiger partial charge in [-0.3, -0.25) is 4.79 Å². The number of hydrogen-bond acceptors (Lipinski definition) is 5. The molecule has 0 aromatic carbocycles. The van der Waals surface area contributed by atoms with Gasteiger partial charge in [0.25, 0.3) is 5.91 Å². The SMILES string of the molecule is O=C(N[C@H]1CCNC1)c1cc([N+](=O)[O-])ncc1Br. The quantitative estimate of drug-likeness (QED) is 0.636. The van der Waals surface area contributed by atoms with Crippen molar-refractivity contribution < 1.29 is 9.72 Å². The van der Waals surface area contributed by atoms with Gasteiger partial charge < -0.3 is 20.7 Å². The van der Waals surface area contributed by atoms with Crippen molar-refractivity contribution in [1.82, 2.24) is 15.6 Å². The molecule has 0 unspecified atom stereocenters. The van der Waals surface area contributed by atoms with E-state index in [4.69, 9.17) is 0 Å². The highest BCUT2D eigenvalue weighted by molar-refractivity contribution is 9.10. The van der Waals surface area contributed by atoms with E-state index in [0.29, 0.717) is 4.47 Å². The van der Waals surface area contributed by atoms with E-state index in [1.165, 1.54) is 12.3 Å². The van der Waals surface area contributed by atoms with E-state index in [2.05, 4.69) is 31.5 Å². The minimum absolute atomic E-state index is 0.0663. The third-order valence-electron chi connectivity index (χ3n) is 2.67. The first-order valence-corrected chi connectivity index (χ1v) is 6.18. The number of nitro groups is 1. The molecule has 7 nitrogen and oxygen atoms in total. The number of carbonyl (C=O) groups excluding carboxylic acids is 1. The highest BCUT2D eigenvalue weighted by Gasteiger charge is 2.21. The second-order valence-corrected chi connectivity index (χ2v) is 4.80. The normalized spacial score (nSPS) is 18.6. The van der Waals surface area contributed by atoms with Gasteiger partial charge in [0, 0.05) is 18.7 Å². The fourth-order valence-electron chi connectivity index (χ4n) is 1.74. The van der Waals surface area contributed by atoms with Crippen LogP contribution in [0.3, 0.4) is 0 Å². The number of aromatic nitrogens is 1. The maximum absolute atomic E-state index is 12.0. The van der Waals surface area contributed by atoms with Crippen LogP contribution in [0.2, 0.25) is 0 Å². The number of nitrogens with zero attached hydrogens (tertiary/aromatic N) is 2. The lowest BCUT2D eigenvalue weighted by Gasteiger charge is -2.11. The molecule has 1 aromatic rings. The Bertz CT molecular complexity index is 488. The van der Waals surface area contributed by atoms with E-state index in [0.717, 1.165) is 19.5 Å². The zero-order valence-corrected chi connectivity index (χ0v) is 10.9. The van der Waals surface area contributed by atoms with E-state index in [9.17, 15) is 14.9 Å². The molecular weight excluding hydrogens is 304 g/mol. The van der Waals surface area contributed by atoms with Crippen LogP contribution in [-0.4, -0.2) is 34.9 Å². The van der Waals surface area contributed by atoms with Gasteiger partial charge in [0.1, 0.15) is 0 Å². The van der Waals surface area contributed by atoms with Crippen LogP contribution in [0, 0.1) is 10.1 Å². The summed E-state index contributed by atoms with van der Waals surface area (Å²) in [4.78, 5) is 25.6. The first kappa shape index (κ1) is 12.9. The molecule has 1 saturated heterocycles. The predicted octanol–water partition coefficient (Wildman–Crippen LogP) is 0.844. The Balaban J connectivity index is 2.17. The Kier molecular flexibility index (Phi) is 3.87. The van der Waals surface area contributed by atoms with Gasteiger partial charge in [0.15, 0.2) is 6.20 Å². The number of halogens is 1. The van der Waals surface area contributed by atoms with Crippen LogP contribution in [0.15, 0.2) is 16.7 Å². The topological polar surface area (TPSA) is 97.2 Å². The standard InChI is InChI=1S/C10H11BrN4O3/c11-8-5-13-9(15(17)18)3-7(8)10(16)14-6-1-2-12-4-6/h3,5-6,12H,1-2,4H2,(H,14,16)/t6-/m0/s1. The lowest BCUT2D eigenvalue weighted by Crippen LogP contribution is -2.36. The van der Waals surface area contributed by atoms with Crippen molar-refractivity contribution in [1.29, 1.82) is 0 Å². The summed E-state index contributed by atoms with van der Waals surface area (Å²) in [5.41, 5.74) is 0.226. The molecule has 1 fully saturated rings. The van der Waals surface area contributed by atoms with Crippen molar-refractivity contribution in [2.75, 3.05) is 13.1 Å². The van der Waals surface area contributed by atoms with E-state index >= 15 is 0 Å². The van der Waals surface area contributed by atoms with Crippen LogP contribution in [-0.2, 0) is 0 Å². The molecule has 1 aliphatic rings. The Morgan fingerprint density at radius 3 is 3.06 bits per heavy atom. The fourth-order valence-corrected chi connectivity index (χ4v) is 2.14. The van der Waals surface area contributed by atoms with Crippen molar-refractivity contribution >= 4 is 27.7 Å². The Morgan fingerprint density at radius 1 is 1.67 bits per heavy atom. The van der Waals surface area contributed by atoms with Crippen LogP contribution in [0.1, 0.15) is 16.8 Å². The molecule has 0 spiro atoms. The zero-order chi connectivity index (χ0) is 13.1.